The van der Waals surface area contributed by atoms with Crippen molar-refractivity contribution in [1.29, 1.82) is 0 Å². The number of benzene rings is 1. The number of rotatable bonds is 4. The number of hydrogen-bond acceptors (Lipinski definition) is 4. The minimum absolute atomic E-state index is 0.287. The monoisotopic (exact) mass is 359 g/mol. The van der Waals surface area contributed by atoms with Crippen molar-refractivity contribution in [3.05, 3.63) is 38.3 Å². The second-order valence-corrected chi connectivity index (χ2v) is 6.21. The topological polar surface area (TPSA) is 54.9 Å². The van der Waals surface area contributed by atoms with Gasteiger partial charge in [0, 0.05) is 10.9 Å². The molecule has 0 spiro atoms. The Morgan fingerprint density at radius 2 is 2.26 bits per heavy atom. The molecular formula is C12H11BrClN3OS. The fourth-order valence-corrected chi connectivity index (χ4v) is 2.86. The first kappa shape index (κ1) is 14.4. The summed E-state index contributed by atoms with van der Waals surface area (Å²) < 4.78 is 0.797. The van der Waals surface area contributed by atoms with Gasteiger partial charge in [-0.1, -0.05) is 45.8 Å². The smallest absolute Gasteiger partial charge is 0.259 e. The van der Waals surface area contributed by atoms with Crippen LogP contribution in [0.15, 0.2) is 22.7 Å². The van der Waals surface area contributed by atoms with Crippen molar-refractivity contribution in [3.63, 3.8) is 0 Å². The molecule has 0 unspecified atom stereocenters. The van der Waals surface area contributed by atoms with Crippen molar-refractivity contribution in [2.45, 2.75) is 19.8 Å². The fraction of sp³-hybridized carbons (Fsp3) is 0.250. The lowest BCUT2D eigenvalue weighted by atomic mass is 10.2. The molecule has 1 aromatic heterocycles. The standard InChI is InChI=1S/C12H11BrClN3OS/c1-2-3-10-16-17-12(19-10)15-11(18)8-6-7(13)4-5-9(8)14/h4-6H,2-3H2,1H3,(H,15,17,18). The fourth-order valence-electron chi connectivity index (χ4n) is 1.45. The van der Waals surface area contributed by atoms with Crippen molar-refractivity contribution in [1.82, 2.24) is 10.2 Å². The van der Waals surface area contributed by atoms with Gasteiger partial charge >= 0.3 is 0 Å². The molecule has 0 aliphatic carbocycles. The number of halogens is 2. The van der Waals surface area contributed by atoms with E-state index in [1.807, 2.05) is 0 Å². The summed E-state index contributed by atoms with van der Waals surface area (Å²) in [6, 6.07) is 5.12. The van der Waals surface area contributed by atoms with E-state index in [4.69, 9.17) is 11.6 Å². The minimum Gasteiger partial charge on any atom is -0.296 e. The molecule has 4 nitrogen and oxygen atoms in total. The molecule has 0 aliphatic heterocycles. The molecule has 100 valence electrons. The molecule has 2 aromatic rings. The summed E-state index contributed by atoms with van der Waals surface area (Å²) in [5.41, 5.74) is 0.406. The van der Waals surface area contributed by atoms with Crippen LogP contribution in [-0.2, 0) is 6.42 Å². The second kappa shape index (κ2) is 6.45. The summed E-state index contributed by atoms with van der Waals surface area (Å²) in [5, 5.41) is 12.5. The van der Waals surface area contributed by atoms with Crippen molar-refractivity contribution < 1.29 is 4.79 Å². The van der Waals surface area contributed by atoms with E-state index in [2.05, 4.69) is 38.4 Å². The Balaban J connectivity index is 2.13. The Labute approximate surface area is 128 Å². The SMILES string of the molecule is CCCc1nnc(NC(=O)c2cc(Br)ccc2Cl)s1. The quantitative estimate of drug-likeness (QED) is 0.890. The van der Waals surface area contributed by atoms with E-state index in [-0.39, 0.29) is 5.91 Å². The molecule has 2 rings (SSSR count). The van der Waals surface area contributed by atoms with Gasteiger partial charge in [0.05, 0.1) is 10.6 Å². The maximum Gasteiger partial charge on any atom is 0.259 e. The molecule has 19 heavy (non-hydrogen) atoms. The van der Waals surface area contributed by atoms with Gasteiger partial charge in [0.15, 0.2) is 0 Å². The Kier molecular flexibility index (Phi) is 4.90. The molecule has 0 saturated heterocycles. The van der Waals surface area contributed by atoms with Gasteiger partial charge in [0.25, 0.3) is 5.91 Å². The lowest BCUT2D eigenvalue weighted by Gasteiger charge is -2.04. The van der Waals surface area contributed by atoms with E-state index in [0.717, 1.165) is 22.3 Å². The number of nitrogens with zero attached hydrogens (tertiary/aromatic N) is 2. The average Bonchev–Trinajstić information content (AvgIpc) is 2.80. The zero-order chi connectivity index (χ0) is 13.8. The van der Waals surface area contributed by atoms with Gasteiger partial charge in [-0.3, -0.25) is 10.1 Å². The summed E-state index contributed by atoms with van der Waals surface area (Å²) in [7, 11) is 0. The normalized spacial score (nSPS) is 10.5. The highest BCUT2D eigenvalue weighted by Crippen LogP contribution is 2.23. The largest absolute Gasteiger partial charge is 0.296 e. The van der Waals surface area contributed by atoms with E-state index in [1.165, 1.54) is 11.3 Å². The lowest BCUT2D eigenvalue weighted by molar-refractivity contribution is 0.102. The number of hydrogen-bond donors (Lipinski definition) is 1. The van der Waals surface area contributed by atoms with Gasteiger partial charge in [0.2, 0.25) is 5.13 Å². The van der Waals surface area contributed by atoms with Crippen molar-refractivity contribution in [2.24, 2.45) is 0 Å². The van der Waals surface area contributed by atoms with Crippen LogP contribution in [-0.4, -0.2) is 16.1 Å². The van der Waals surface area contributed by atoms with E-state index >= 15 is 0 Å². The van der Waals surface area contributed by atoms with E-state index < -0.39 is 0 Å². The van der Waals surface area contributed by atoms with Gasteiger partial charge in [-0.25, -0.2) is 0 Å². The van der Waals surface area contributed by atoms with Crippen LogP contribution >= 0.6 is 38.9 Å². The van der Waals surface area contributed by atoms with Crippen molar-refractivity contribution in [2.75, 3.05) is 5.32 Å². The van der Waals surface area contributed by atoms with Crippen LogP contribution in [0.3, 0.4) is 0 Å². The molecule has 1 aromatic carbocycles. The zero-order valence-electron chi connectivity index (χ0n) is 10.1. The van der Waals surface area contributed by atoms with E-state index in [9.17, 15) is 4.79 Å². The number of amides is 1. The average molecular weight is 361 g/mol. The highest BCUT2D eigenvalue weighted by molar-refractivity contribution is 9.10. The summed E-state index contributed by atoms with van der Waals surface area (Å²) in [6.07, 6.45) is 1.87. The minimum atomic E-state index is -0.287. The van der Waals surface area contributed by atoms with E-state index in [0.29, 0.717) is 15.7 Å². The third kappa shape index (κ3) is 3.75. The second-order valence-electron chi connectivity index (χ2n) is 3.83. The number of anilines is 1. The number of aryl methyl sites for hydroxylation is 1. The number of carbonyl (C=O) groups excluding carboxylic acids is 1. The number of aromatic nitrogens is 2. The molecule has 0 saturated carbocycles. The highest BCUT2D eigenvalue weighted by atomic mass is 79.9. The van der Waals surface area contributed by atoms with Crippen LogP contribution in [0.4, 0.5) is 5.13 Å². The van der Waals surface area contributed by atoms with Gasteiger partial charge in [0.1, 0.15) is 5.01 Å². The van der Waals surface area contributed by atoms with Crippen LogP contribution in [0.2, 0.25) is 5.02 Å². The molecule has 0 bridgehead atoms. The first-order valence-corrected chi connectivity index (χ1v) is 7.67. The number of carbonyl (C=O) groups is 1. The molecule has 0 aliphatic rings. The van der Waals surface area contributed by atoms with Gasteiger partial charge in [-0.05, 0) is 24.6 Å². The Morgan fingerprint density at radius 3 is 3.00 bits per heavy atom. The molecule has 1 amide bonds. The molecule has 0 radical (unpaired) electrons. The first-order valence-electron chi connectivity index (χ1n) is 5.69. The molecule has 1 N–H and O–H groups in total. The van der Waals surface area contributed by atoms with Crippen LogP contribution < -0.4 is 5.32 Å². The Bertz CT molecular complexity index is 602. The molecule has 0 fully saturated rings. The van der Waals surface area contributed by atoms with Crippen LogP contribution in [0.5, 0.6) is 0 Å². The summed E-state index contributed by atoms with van der Waals surface area (Å²) in [5.74, 6) is -0.287. The third-order valence-electron chi connectivity index (χ3n) is 2.32. The highest BCUT2D eigenvalue weighted by Gasteiger charge is 2.13. The lowest BCUT2D eigenvalue weighted by Crippen LogP contribution is -2.12. The number of nitrogens with one attached hydrogen (secondary N) is 1. The summed E-state index contributed by atoms with van der Waals surface area (Å²) in [4.78, 5) is 12.1. The van der Waals surface area contributed by atoms with Crippen molar-refractivity contribution >= 4 is 49.9 Å². The molecule has 7 heteroatoms. The van der Waals surface area contributed by atoms with Crippen molar-refractivity contribution in [3.8, 4) is 0 Å². The maximum atomic E-state index is 12.1. The predicted octanol–water partition coefficient (Wildman–Crippen LogP) is 4.16. The molecular weight excluding hydrogens is 350 g/mol. The maximum absolute atomic E-state index is 12.1. The van der Waals surface area contributed by atoms with Crippen LogP contribution in [0.1, 0.15) is 28.7 Å². The zero-order valence-corrected chi connectivity index (χ0v) is 13.3. The van der Waals surface area contributed by atoms with Crippen LogP contribution in [0, 0.1) is 0 Å². The predicted molar refractivity (Wildman–Crippen MR) is 81.0 cm³/mol. The van der Waals surface area contributed by atoms with Gasteiger partial charge < -0.3 is 0 Å². The Hall–Kier alpha value is -0.980. The van der Waals surface area contributed by atoms with Crippen LogP contribution in [0.25, 0.3) is 0 Å². The summed E-state index contributed by atoms with van der Waals surface area (Å²) >= 11 is 10.7. The van der Waals surface area contributed by atoms with Gasteiger partial charge in [-0.15, -0.1) is 10.2 Å². The Morgan fingerprint density at radius 1 is 1.47 bits per heavy atom. The summed E-state index contributed by atoms with van der Waals surface area (Å²) in [6.45, 7) is 2.07. The molecule has 0 atom stereocenters. The first-order chi connectivity index (χ1) is 9.10. The third-order valence-corrected chi connectivity index (χ3v) is 4.05. The van der Waals surface area contributed by atoms with E-state index in [1.54, 1.807) is 18.2 Å². The van der Waals surface area contributed by atoms with Gasteiger partial charge in [-0.2, -0.15) is 0 Å². The molecule has 1 heterocycles.